The lowest BCUT2D eigenvalue weighted by Gasteiger charge is -2.36. The van der Waals surface area contributed by atoms with Crippen molar-refractivity contribution in [2.24, 2.45) is 0 Å². The van der Waals surface area contributed by atoms with Gasteiger partial charge in [0, 0.05) is 24.3 Å². The fourth-order valence-corrected chi connectivity index (χ4v) is 5.44. The molecule has 1 unspecified atom stereocenters. The van der Waals surface area contributed by atoms with Gasteiger partial charge in [-0.05, 0) is 77.2 Å². The Balaban J connectivity index is 1.56. The first-order valence-corrected chi connectivity index (χ1v) is 9.96. The number of rotatable bonds is 3. The van der Waals surface area contributed by atoms with Gasteiger partial charge in [-0.3, -0.25) is 9.69 Å². The van der Waals surface area contributed by atoms with Gasteiger partial charge in [-0.25, -0.2) is 4.39 Å². The summed E-state index contributed by atoms with van der Waals surface area (Å²) in [6, 6.07) is 6.86. The first kappa shape index (κ1) is 17.8. The van der Waals surface area contributed by atoms with E-state index in [1.807, 2.05) is 6.07 Å². The summed E-state index contributed by atoms with van der Waals surface area (Å²) < 4.78 is 13.8. The molecule has 0 bridgehead atoms. The Morgan fingerprint density at radius 2 is 1.92 bits per heavy atom. The highest BCUT2D eigenvalue weighted by Crippen LogP contribution is 2.47. The molecule has 26 heavy (non-hydrogen) atoms. The maximum absolute atomic E-state index is 13.8. The molecule has 3 aliphatic heterocycles. The van der Waals surface area contributed by atoms with Crippen molar-refractivity contribution in [3.63, 3.8) is 0 Å². The van der Waals surface area contributed by atoms with Gasteiger partial charge in [0.05, 0.1) is 12.1 Å². The van der Waals surface area contributed by atoms with Crippen molar-refractivity contribution in [2.45, 2.75) is 57.0 Å². The third kappa shape index (κ3) is 3.11. The first-order valence-electron chi connectivity index (χ1n) is 9.96. The number of hydrogen-bond acceptors (Lipinski definition) is 3. The molecule has 5 heteroatoms. The molecule has 0 aromatic heterocycles. The van der Waals surface area contributed by atoms with Crippen LogP contribution in [0.25, 0.3) is 0 Å². The molecular weight excluding hydrogens is 329 g/mol. The Morgan fingerprint density at radius 1 is 1.15 bits per heavy atom. The number of nitrogens with zero attached hydrogens (tertiary/aromatic N) is 3. The Morgan fingerprint density at radius 3 is 2.65 bits per heavy atom. The standard InChI is InChI=1S/C21H30FN3O/c1-20(2)15-21(16-25(20)18-8-5-7-17(22)13-18)9-6-12-24(21)19(26)14-23-10-3-4-11-23/h5,7-8,13H,3-4,6,9-12,14-16H2,1-2H3. The highest BCUT2D eigenvalue weighted by atomic mass is 19.1. The maximum atomic E-state index is 13.8. The van der Waals surface area contributed by atoms with Gasteiger partial charge in [0.15, 0.2) is 0 Å². The van der Waals surface area contributed by atoms with Crippen LogP contribution in [-0.4, -0.2) is 59.5 Å². The molecule has 3 saturated heterocycles. The van der Waals surface area contributed by atoms with Crippen LogP contribution in [0, 0.1) is 5.82 Å². The van der Waals surface area contributed by atoms with Crippen molar-refractivity contribution in [1.82, 2.24) is 9.80 Å². The van der Waals surface area contributed by atoms with Crippen LogP contribution in [0.2, 0.25) is 0 Å². The Bertz CT molecular complexity index is 686. The van der Waals surface area contributed by atoms with Crippen LogP contribution in [0.1, 0.15) is 46.0 Å². The zero-order valence-electron chi connectivity index (χ0n) is 16.0. The molecule has 1 aromatic carbocycles. The number of amides is 1. The number of carbonyl (C=O) groups is 1. The predicted octanol–water partition coefficient (Wildman–Crippen LogP) is 3.27. The average Bonchev–Trinajstić information content (AvgIpc) is 3.27. The fraction of sp³-hybridized carbons (Fsp3) is 0.667. The molecule has 1 amide bonds. The fourth-order valence-electron chi connectivity index (χ4n) is 5.44. The van der Waals surface area contributed by atoms with E-state index in [2.05, 4.69) is 28.5 Å². The van der Waals surface area contributed by atoms with E-state index in [4.69, 9.17) is 0 Å². The Labute approximate surface area is 155 Å². The SMILES string of the molecule is CC1(C)CC2(CCCN2C(=O)CN2CCCC2)CN1c1cccc(F)c1. The average molecular weight is 359 g/mol. The van der Waals surface area contributed by atoms with E-state index in [1.54, 1.807) is 12.1 Å². The van der Waals surface area contributed by atoms with Crippen molar-refractivity contribution in [3.8, 4) is 0 Å². The molecule has 0 aliphatic carbocycles. The molecule has 1 aromatic rings. The van der Waals surface area contributed by atoms with Gasteiger partial charge in [-0.1, -0.05) is 6.07 Å². The third-order valence-electron chi connectivity index (χ3n) is 6.52. The van der Waals surface area contributed by atoms with Crippen LogP contribution in [0.3, 0.4) is 0 Å². The molecule has 3 fully saturated rings. The molecule has 142 valence electrons. The van der Waals surface area contributed by atoms with E-state index in [1.165, 1.54) is 18.9 Å². The van der Waals surface area contributed by atoms with Gasteiger partial charge in [0.1, 0.15) is 5.82 Å². The lowest BCUT2D eigenvalue weighted by atomic mass is 9.87. The molecule has 0 N–H and O–H groups in total. The smallest absolute Gasteiger partial charge is 0.237 e. The summed E-state index contributed by atoms with van der Waals surface area (Å²) in [5, 5.41) is 0. The molecule has 0 saturated carbocycles. The number of anilines is 1. The summed E-state index contributed by atoms with van der Waals surface area (Å²) in [4.78, 5) is 19.8. The van der Waals surface area contributed by atoms with Gasteiger partial charge >= 0.3 is 0 Å². The van der Waals surface area contributed by atoms with Crippen LogP contribution in [0.15, 0.2) is 24.3 Å². The molecule has 0 radical (unpaired) electrons. The van der Waals surface area contributed by atoms with E-state index in [0.29, 0.717) is 6.54 Å². The molecule has 1 atom stereocenters. The van der Waals surface area contributed by atoms with Gasteiger partial charge in [-0.15, -0.1) is 0 Å². The minimum atomic E-state index is -0.201. The van der Waals surface area contributed by atoms with Gasteiger partial charge in [0.2, 0.25) is 5.91 Å². The minimum Gasteiger partial charge on any atom is -0.364 e. The molecule has 4 nitrogen and oxygen atoms in total. The quantitative estimate of drug-likeness (QED) is 0.829. The van der Waals surface area contributed by atoms with Crippen molar-refractivity contribution < 1.29 is 9.18 Å². The number of hydrogen-bond donors (Lipinski definition) is 0. The molecular formula is C21H30FN3O. The Kier molecular flexibility index (Phi) is 4.46. The summed E-state index contributed by atoms with van der Waals surface area (Å²) in [7, 11) is 0. The van der Waals surface area contributed by atoms with Gasteiger partial charge < -0.3 is 9.80 Å². The number of halogens is 1. The van der Waals surface area contributed by atoms with Crippen molar-refractivity contribution >= 4 is 11.6 Å². The van der Waals surface area contributed by atoms with Crippen LogP contribution in [0.4, 0.5) is 10.1 Å². The summed E-state index contributed by atoms with van der Waals surface area (Å²) in [5.74, 6) is 0.0777. The zero-order chi connectivity index (χ0) is 18.4. The molecule has 3 aliphatic rings. The van der Waals surface area contributed by atoms with Crippen LogP contribution < -0.4 is 4.90 Å². The lowest BCUT2D eigenvalue weighted by Crippen LogP contribution is -2.52. The first-order chi connectivity index (χ1) is 12.4. The largest absolute Gasteiger partial charge is 0.364 e. The van der Waals surface area contributed by atoms with Crippen LogP contribution in [-0.2, 0) is 4.79 Å². The van der Waals surface area contributed by atoms with E-state index in [9.17, 15) is 9.18 Å². The second-order valence-corrected chi connectivity index (χ2v) is 8.91. The topological polar surface area (TPSA) is 26.8 Å². The van der Waals surface area contributed by atoms with E-state index in [-0.39, 0.29) is 22.8 Å². The third-order valence-corrected chi connectivity index (χ3v) is 6.52. The van der Waals surface area contributed by atoms with Crippen LogP contribution >= 0.6 is 0 Å². The van der Waals surface area contributed by atoms with Crippen molar-refractivity contribution in [2.75, 3.05) is 37.6 Å². The van der Waals surface area contributed by atoms with Crippen molar-refractivity contribution in [1.29, 1.82) is 0 Å². The van der Waals surface area contributed by atoms with Crippen molar-refractivity contribution in [3.05, 3.63) is 30.1 Å². The summed E-state index contributed by atoms with van der Waals surface area (Å²) in [5.41, 5.74) is 0.724. The zero-order valence-corrected chi connectivity index (χ0v) is 16.0. The highest BCUT2D eigenvalue weighted by molar-refractivity contribution is 5.80. The molecule has 1 spiro atoms. The monoisotopic (exact) mass is 359 g/mol. The number of likely N-dealkylation sites (tertiary alicyclic amines) is 2. The van der Waals surface area contributed by atoms with E-state index in [0.717, 1.165) is 51.1 Å². The molecule has 3 heterocycles. The summed E-state index contributed by atoms with van der Waals surface area (Å²) in [6.07, 6.45) is 5.48. The van der Waals surface area contributed by atoms with E-state index < -0.39 is 0 Å². The highest BCUT2D eigenvalue weighted by Gasteiger charge is 2.54. The number of benzene rings is 1. The minimum absolute atomic E-state index is 0.0929. The van der Waals surface area contributed by atoms with Gasteiger partial charge in [-0.2, -0.15) is 0 Å². The van der Waals surface area contributed by atoms with Gasteiger partial charge in [0.25, 0.3) is 0 Å². The lowest BCUT2D eigenvalue weighted by molar-refractivity contribution is -0.135. The Hall–Kier alpha value is -1.62. The number of carbonyl (C=O) groups excluding carboxylic acids is 1. The predicted molar refractivity (Wildman–Crippen MR) is 102 cm³/mol. The second kappa shape index (κ2) is 6.52. The van der Waals surface area contributed by atoms with E-state index >= 15 is 0 Å². The summed E-state index contributed by atoms with van der Waals surface area (Å²) >= 11 is 0. The van der Waals surface area contributed by atoms with Crippen LogP contribution in [0.5, 0.6) is 0 Å². The normalized spacial score (nSPS) is 28.4. The maximum Gasteiger partial charge on any atom is 0.237 e. The second-order valence-electron chi connectivity index (χ2n) is 8.91. The molecule has 4 rings (SSSR count). The summed E-state index contributed by atoms with van der Waals surface area (Å²) in [6.45, 7) is 8.75.